The molecule has 0 atom stereocenters. The number of rotatable bonds is 4. The normalized spacial score (nSPS) is 14.8. The van der Waals surface area contributed by atoms with Crippen molar-refractivity contribution in [1.82, 2.24) is 4.72 Å². The molecule has 0 unspecified atom stereocenters. The summed E-state index contributed by atoms with van der Waals surface area (Å²) in [5.41, 5.74) is 0. The fourth-order valence-corrected chi connectivity index (χ4v) is 1.32. The van der Waals surface area contributed by atoms with Crippen LogP contribution in [0.3, 0.4) is 0 Å². The minimum absolute atomic E-state index is 0.621. The van der Waals surface area contributed by atoms with E-state index >= 15 is 0 Å². The lowest BCUT2D eigenvalue weighted by molar-refractivity contribution is -0.241. The Labute approximate surface area is 83.0 Å². The van der Waals surface area contributed by atoms with Gasteiger partial charge in [0.05, 0.1) is 0 Å². The predicted octanol–water partition coefficient (Wildman–Crippen LogP) is 1.64. The predicted molar refractivity (Wildman–Crippen MR) is 42.7 cm³/mol. The second-order valence-corrected chi connectivity index (χ2v) is 4.24. The number of hydrogen-bond acceptors (Lipinski definition) is 2. The van der Waals surface area contributed by atoms with Gasteiger partial charge in [-0.15, -0.1) is 0 Å². The summed E-state index contributed by atoms with van der Waals surface area (Å²) in [7, 11) is -5.75. The minimum Gasteiger partial charge on any atom is -0.206 e. The highest BCUT2D eigenvalue weighted by Gasteiger charge is 2.67. The van der Waals surface area contributed by atoms with Crippen molar-refractivity contribution < 1.29 is 30.4 Å². The van der Waals surface area contributed by atoms with E-state index in [9.17, 15) is 30.4 Å². The molecule has 0 amide bonds. The lowest BCUT2D eigenvalue weighted by atomic mass is 10.5. The standard InChI is InChI=1S/C6H8F5NO2S/c1-2-3-4-12-15(13,14)6(10,11)5(7,8)9/h2-3,12H,4H2,1H3/b3-2+. The second-order valence-electron chi connectivity index (χ2n) is 2.44. The summed E-state index contributed by atoms with van der Waals surface area (Å²) in [5, 5.41) is -5.79. The monoisotopic (exact) mass is 253 g/mol. The first-order valence-corrected chi connectivity index (χ1v) is 5.09. The van der Waals surface area contributed by atoms with E-state index in [-0.39, 0.29) is 0 Å². The molecule has 0 radical (unpaired) electrons. The van der Waals surface area contributed by atoms with Crippen molar-refractivity contribution in [2.24, 2.45) is 0 Å². The van der Waals surface area contributed by atoms with E-state index in [0.29, 0.717) is 0 Å². The van der Waals surface area contributed by atoms with Crippen LogP contribution in [0.25, 0.3) is 0 Å². The number of hydrogen-bond donors (Lipinski definition) is 1. The Morgan fingerprint density at radius 2 is 1.67 bits per heavy atom. The molecule has 90 valence electrons. The van der Waals surface area contributed by atoms with E-state index < -0.39 is 28.0 Å². The molecule has 0 aromatic heterocycles. The Hall–Kier alpha value is -0.700. The average Bonchev–Trinajstić information content (AvgIpc) is 2.02. The van der Waals surface area contributed by atoms with Crippen LogP contribution in [0.1, 0.15) is 6.92 Å². The zero-order valence-electron chi connectivity index (χ0n) is 7.48. The van der Waals surface area contributed by atoms with Gasteiger partial charge in [-0.1, -0.05) is 12.2 Å². The highest BCUT2D eigenvalue weighted by atomic mass is 32.2. The third-order valence-corrected chi connectivity index (χ3v) is 2.75. The summed E-state index contributed by atoms with van der Waals surface area (Å²) in [5.74, 6) is 0. The molecule has 0 fully saturated rings. The van der Waals surface area contributed by atoms with E-state index in [1.165, 1.54) is 13.0 Å². The molecule has 0 aliphatic heterocycles. The molecule has 0 heterocycles. The summed E-state index contributed by atoms with van der Waals surface area (Å²) in [6.07, 6.45) is -3.74. The van der Waals surface area contributed by atoms with Crippen LogP contribution >= 0.6 is 0 Å². The largest absolute Gasteiger partial charge is 0.470 e. The fraction of sp³-hybridized carbons (Fsp3) is 0.667. The second kappa shape index (κ2) is 4.44. The molecule has 0 aliphatic carbocycles. The van der Waals surface area contributed by atoms with Gasteiger partial charge in [-0.3, -0.25) is 0 Å². The molecule has 0 aromatic rings. The maximum Gasteiger partial charge on any atom is 0.470 e. The number of halogens is 5. The zero-order chi connectivity index (χ0) is 12.3. The van der Waals surface area contributed by atoms with Crippen molar-refractivity contribution in [3.8, 4) is 0 Å². The molecule has 0 bridgehead atoms. The Bertz CT molecular complexity index is 332. The molecule has 9 heteroatoms. The topological polar surface area (TPSA) is 46.2 Å². The van der Waals surface area contributed by atoms with Gasteiger partial charge in [0.15, 0.2) is 0 Å². The third-order valence-electron chi connectivity index (χ3n) is 1.29. The first-order valence-electron chi connectivity index (χ1n) is 3.61. The van der Waals surface area contributed by atoms with Gasteiger partial charge in [0.25, 0.3) is 10.0 Å². The number of alkyl halides is 5. The molecule has 0 rings (SSSR count). The lowest BCUT2D eigenvalue weighted by Crippen LogP contribution is -2.49. The maximum absolute atomic E-state index is 12.3. The van der Waals surface area contributed by atoms with Crippen molar-refractivity contribution >= 4 is 10.0 Å². The molecule has 0 saturated heterocycles. The van der Waals surface area contributed by atoms with E-state index in [1.54, 1.807) is 0 Å². The van der Waals surface area contributed by atoms with Crippen LogP contribution in [-0.2, 0) is 10.0 Å². The van der Waals surface area contributed by atoms with Gasteiger partial charge in [-0.25, -0.2) is 13.1 Å². The minimum atomic E-state index is -6.13. The molecule has 0 aromatic carbocycles. The van der Waals surface area contributed by atoms with E-state index in [0.717, 1.165) is 10.8 Å². The highest BCUT2D eigenvalue weighted by Crippen LogP contribution is 2.39. The van der Waals surface area contributed by atoms with Gasteiger partial charge in [-0.2, -0.15) is 22.0 Å². The lowest BCUT2D eigenvalue weighted by Gasteiger charge is -2.19. The van der Waals surface area contributed by atoms with Crippen LogP contribution in [0, 0.1) is 0 Å². The van der Waals surface area contributed by atoms with Crippen LogP contribution in [-0.4, -0.2) is 26.4 Å². The van der Waals surface area contributed by atoms with Crippen LogP contribution in [0.15, 0.2) is 12.2 Å². The van der Waals surface area contributed by atoms with Crippen molar-refractivity contribution in [2.75, 3.05) is 6.54 Å². The van der Waals surface area contributed by atoms with Gasteiger partial charge in [0, 0.05) is 6.54 Å². The first kappa shape index (κ1) is 14.3. The summed E-state index contributed by atoms with van der Waals surface area (Å²) in [6, 6.07) is 0. The summed E-state index contributed by atoms with van der Waals surface area (Å²) in [4.78, 5) is 0. The zero-order valence-corrected chi connectivity index (χ0v) is 8.29. The average molecular weight is 253 g/mol. The van der Waals surface area contributed by atoms with Crippen LogP contribution < -0.4 is 4.72 Å². The SMILES string of the molecule is C/C=C/CNS(=O)(=O)C(F)(F)C(F)(F)F. The number of allylic oxidation sites excluding steroid dienone is 1. The smallest absolute Gasteiger partial charge is 0.206 e. The maximum atomic E-state index is 12.3. The summed E-state index contributed by atoms with van der Waals surface area (Å²) < 4.78 is 81.9. The molecule has 15 heavy (non-hydrogen) atoms. The first-order chi connectivity index (χ1) is 6.56. The Morgan fingerprint density at radius 3 is 2.00 bits per heavy atom. The molecule has 3 nitrogen and oxygen atoms in total. The third kappa shape index (κ3) is 3.13. The summed E-state index contributed by atoms with van der Waals surface area (Å²) >= 11 is 0. The van der Waals surface area contributed by atoms with Crippen molar-refractivity contribution in [2.45, 2.75) is 18.4 Å². The Morgan fingerprint density at radius 1 is 1.20 bits per heavy atom. The summed E-state index contributed by atoms with van der Waals surface area (Å²) in [6.45, 7) is 0.834. The number of sulfonamides is 1. The molecule has 0 aliphatic rings. The molecule has 0 spiro atoms. The van der Waals surface area contributed by atoms with E-state index in [2.05, 4.69) is 0 Å². The number of nitrogens with one attached hydrogen (secondary N) is 1. The quantitative estimate of drug-likeness (QED) is 0.611. The van der Waals surface area contributed by atoms with E-state index in [4.69, 9.17) is 0 Å². The van der Waals surface area contributed by atoms with Gasteiger partial charge < -0.3 is 0 Å². The molecule has 1 N–H and O–H groups in total. The van der Waals surface area contributed by atoms with Gasteiger partial charge >= 0.3 is 11.4 Å². The van der Waals surface area contributed by atoms with Gasteiger partial charge in [0.1, 0.15) is 0 Å². The van der Waals surface area contributed by atoms with Crippen LogP contribution in [0.2, 0.25) is 0 Å². The van der Waals surface area contributed by atoms with Crippen LogP contribution in [0.4, 0.5) is 22.0 Å². The van der Waals surface area contributed by atoms with Crippen LogP contribution in [0.5, 0.6) is 0 Å². The fourth-order valence-electron chi connectivity index (χ4n) is 0.519. The van der Waals surface area contributed by atoms with E-state index in [1.807, 2.05) is 0 Å². The van der Waals surface area contributed by atoms with Gasteiger partial charge in [0.2, 0.25) is 0 Å². The van der Waals surface area contributed by atoms with Crippen molar-refractivity contribution in [3.05, 3.63) is 12.2 Å². The molecular weight excluding hydrogens is 245 g/mol. The van der Waals surface area contributed by atoms with Crippen molar-refractivity contribution in [3.63, 3.8) is 0 Å². The van der Waals surface area contributed by atoms with Gasteiger partial charge in [-0.05, 0) is 6.92 Å². The molecule has 0 saturated carbocycles. The molecular formula is C6H8F5NO2S. The Balaban J connectivity index is 4.88. The highest BCUT2D eigenvalue weighted by molar-refractivity contribution is 7.90. The Kier molecular flexibility index (Phi) is 4.23. The van der Waals surface area contributed by atoms with Crippen molar-refractivity contribution in [1.29, 1.82) is 0 Å².